The van der Waals surface area contributed by atoms with Gasteiger partial charge in [-0.2, -0.15) is 5.06 Å². The molecule has 63 heavy (non-hydrogen) atoms. The van der Waals surface area contributed by atoms with Gasteiger partial charge in [0.1, 0.15) is 29.9 Å². The number of benzene rings is 2. The van der Waals surface area contributed by atoms with Crippen molar-refractivity contribution in [2.24, 2.45) is 5.92 Å². The van der Waals surface area contributed by atoms with E-state index in [1.165, 1.54) is 30.3 Å². The number of hydrogen-bond donors (Lipinski definition) is 3. The van der Waals surface area contributed by atoms with Gasteiger partial charge in [0.2, 0.25) is 12.3 Å². The SMILES string of the molecule is [B]OC(=O)[C@H](CC(=O)OCCCC)NC(=O)c1ccc(-c2ccc(C(=O)NCNC(=O)[C@H](CCCCC)[C@@H](CC)N(C=O)OC(=O)c3ccc4c(c3)N(C)CCO4)o2)cc1OCC. The average molecular weight is 874 g/mol. The summed E-state index contributed by atoms with van der Waals surface area (Å²) in [6.07, 6.45) is 4.36. The summed E-state index contributed by atoms with van der Waals surface area (Å²) in [4.78, 5) is 98.0. The summed E-state index contributed by atoms with van der Waals surface area (Å²) in [6.45, 7) is 8.62. The Morgan fingerprint density at radius 1 is 0.937 bits per heavy atom. The Labute approximate surface area is 368 Å². The number of amides is 4. The molecule has 1 aromatic heterocycles. The number of carbonyl (C=O) groups excluding carboxylic acids is 7. The molecule has 18 nitrogen and oxygen atoms in total. The predicted molar refractivity (Wildman–Crippen MR) is 230 cm³/mol. The zero-order valence-corrected chi connectivity index (χ0v) is 36.4. The zero-order chi connectivity index (χ0) is 45.9. The summed E-state index contributed by atoms with van der Waals surface area (Å²) in [6, 6.07) is 10.1. The van der Waals surface area contributed by atoms with Gasteiger partial charge in [-0.05, 0) is 68.7 Å². The first-order valence-electron chi connectivity index (χ1n) is 21.1. The molecule has 19 heteroatoms. The largest absolute Gasteiger partial charge is 0.542 e. The maximum absolute atomic E-state index is 13.7. The van der Waals surface area contributed by atoms with Gasteiger partial charge in [-0.15, -0.1) is 0 Å². The molecular formula is C44H56BN5O13. The van der Waals surface area contributed by atoms with E-state index in [4.69, 9.17) is 31.5 Å². The highest BCUT2D eigenvalue weighted by atomic mass is 16.7. The van der Waals surface area contributed by atoms with Crippen LogP contribution in [0.5, 0.6) is 11.5 Å². The third-order valence-electron chi connectivity index (χ3n) is 10.2. The molecule has 0 fully saturated rings. The number of fused-ring (bicyclic) bond motifs is 1. The van der Waals surface area contributed by atoms with Crippen LogP contribution in [0.25, 0.3) is 11.3 Å². The number of rotatable bonds is 25. The topological polar surface area (TPSA) is 221 Å². The van der Waals surface area contributed by atoms with Crippen LogP contribution in [0.3, 0.4) is 0 Å². The maximum Gasteiger partial charge on any atom is 0.378 e. The van der Waals surface area contributed by atoms with Crippen molar-refractivity contribution >= 4 is 55.8 Å². The lowest BCUT2D eigenvalue weighted by Gasteiger charge is -2.32. The molecule has 0 bridgehead atoms. The van der Waals surface area contributed by atoms with Crippen molar-refractivity contribution in [2.45, 2.75) is 91.1 Å². The molecule has 0 saturated heterocycles. The third-order valence-corrected chi connectivity index (χ3v) is 10.2. The second-order valence-electron chi connectivity index (χ2n) is 14.6. The molecule has 2 heterocycles. The zero-order valence-electron chi connectivity index (χ0n) is 36.4. The quantitative estimate of drug-likeness (QED) is 0.0264. The van der Waals surface area contributed by atoms with Crippen LogP contribution < -0.4 is 30.3 Å². The van der Waals surface area contributed by atoms with Gasteiger partial charge < -0.3 is 49.0 Å². The molecular weight excluding hydrogens is 817 g/mol. The van der Waals surface area contributed by atoms with Crippen LogP contribution >= 0.6 is 0 Å². The van der Waals surface area contributed by atoms with E-state index in [1.807, 2.05) is 25.8 Å². The van der Waals surface area contributed by atoms with Gasteiger partial charge in [-0.25, -0.2) is 4.79 Å². The summed E-state index contributed by atoms with van der Waals surface area (Å²) in [5.41, 5.74) is 1.38. The van der Waals surface area contributed by atoms with Crippen molar-refractivity contribution in [1.29, 1.82) is 0 Å². The molecule has 338 valence electrons. The number of furan rings is 1. The fraction of sp³-hybridized carbons (Fsp3) is 0.477. The van der Waals surface area contributed by atoms with E-state index in [9.17, 15) is 33.6 Å². The summed E-state index contributed by atoms with van der Waals surface area (Å²) >= 11 is 0. The first-order valence-corrected chi connectivity index (χ1v) is 21.1. The normalized spacial score (nSPS) is 13.2. The Kier molecular flexibility index (Phi) is 19.3. The molecule has 0 saturated carbocycles. The second kappa shape index (κ2) is 24.8. The van der Waals surface area contributed by atoms with Gasteiger partial charge in [0.15, 0.2) is 5.76 Å². The highest BCUT2D eigenvalue weighted by Crippen LogP contribution is 2.33. The first-order chi connectivity index (χ1) is 30.4. The lowest BCUT2D eigenvalue weighted by atomic mass is 9.90. The molecule has 3 N–H and O–H groups in total. The van der Waals surface area contributed by atoms with E-state index < -0.39 is 60.1 Å². The van der Waals surface area contributed by atoms with E-state index in [2.05, 4.69) is 20.6 Å². The van der Waals surface area contributed by atoms with Gasteiger partial charge in [-0.1, -0.05) is 52.5 Å². The number of ether oxygens (including phenoxy) is 3. The number of carbonyl (C=O) groups is 7. The maximum atomic E-state index is 13.7. The average Bonchev–Trinajstić information content (AvgIpc) is 3.79. The van der Waals surface area contributed by atoms with Crippen LogP contribution in [0.1, 0.15) is 110 Å². The van der Waals surface area contributed by atoms with Gasteiger partial charge in [-0.3, -0.25) is 28.8 Å². The van der Waals surface area contributed by atoms with E-state index in [1.54, 1.807) is 32.0 Å². The van der Waals surface area contributed by atoms with Crippen molar-refractivity contribution in [2.75, 3.05) is 45.0 Å². The number of nitrogens with zero attached hydrogens (tertiary/aromatic N) is 2. The fourth-order valence-corrected chi connectivity index (χ4v) is 6.80. The smallest absolute Gasteiger partial charge is 0.378 e. The monoisotopic (exact) mass is 873 g/mol. The lowest BCUT2D eigenvalue weighted by Crippen LogP contribution is -2.49. The Morgan fingerprint density at radius 3 is 2.41 bits per heavy atom. The minimum absolute atomic E-state index is 0.0285. The third kappa shape index (κ3) is 13.7. The van der Waals surface area contributed by atoms with Crippen molar-refractivity contribution in [1.82, 2.24) is 21.0 Å². The van der Waals surface area contributed by atoms with Crippen LogP contribution in [0.2, 0.25) is 0 Å². The molecule has 2 radical (unpaired) electrons. The molecule has 0 spiro atoms. The van der Waals surface area contributed by atoms with Crippen LogP contribution in [0.4, 0.5) is 5.69 Å². The van der Waals surface area contributed by atoms with Crippen LogP contribution in [-0.4, -0.2) is 107 Å². The molecule has 3 atom stereocenters. The van der Waals surface area contributed by atoms with Gasteiger partial charge in [0.05, 0.1) is 61.6 Å². The molecule has 2 aromatic carbocycles. The molecule has 1 aliphatic rings. The molecule has 0 aliphatic carbocycles. The molecule has 4 amide bonds. The van der Waals surface area contributed by atoms with E-state index >= 15 is 0 Å². The molecule has 4 rings (SSSR count). The summed E-state index contributed by atoms with van der Waals surface area (Å²) in [5.74, 6) is -4.27. The standard InChI is InChI=1S/C44H56BN5O13/c1-6-10-12-13-30(33(8-3)50(27-51)63-43(56)29-15-17-36-34(23-29)49(5)20-22-59-36)40(53)46-26-47-42(55)37-19-18-35(61-37)28-14-16-31(38(24-28)58-9-4)41(54)48-32(44(57)62-45)25-39(52)60-21-11-7-2/h14-19,23-24,27,30,32-33H,6-13,20-22,25-26H2,1-5H3,(H,46,53)(H,47,55)(H,48,54)/t30-,32+,33-/m1/s1. The summed E-state index contributed by atoms with van der Waals surface area (Å²) < 4.78 is 26.6. The van der Waals surface area contributed by atoms with E-state index in [0.29, 0.717) is 55.8 Å². The summed E-state index contributed by atoms with van der Waals surface area (Å²) in [7, 11) is 6.93. The van der Waals surface area contributed by atoms with Crippen molar-refractivity contribution in [3.05, 3.63) is 65.4 Å². The van der Waals surface area contributed by atoms with Crippen LogP contribution in [-0.2, 0) is 33.4 Å². The Morgan fingerprint density at radius 2 is 1.71 bits per heavy atom. The van der Waals surface area contributed by atoms with E-state index in [0.717, 1.165) is 24.3 Å². The Bertz CT molecular complexity index is 2060. The highest BCUT2D eigenvalue weighted by molar-refractivity contribution is 6.08. The predicted octanol–water partition coefficient (Wildman–Crippen LogP) is 4.64. The Hall–Kier alpha value is -6.53. The fourth-order valence-electron chi connectivity index (χ4n) is 6.80. The number of hydroxylamine groups is 2. The van der Waals surface area contributed by atoms with Gasteiger partial charge in [0, 0.05) is 12.6 Å². The van der Waals surface area contributed by atoms with Gasteiger partial charge >= 0.3 is 26.0 Å². The minimum atomic E-state index is -1.43. The Balaban J connectivity index is 1.40. The van der Waals surface area contributed by atoms with Gasteiger partial charge in [0.25, 0.3) is 11.8 Å². The number of unbranched alkanes of at least 4 members (excludes halogenated alkanes) is 3. The minimum Gasteiger partial charge on any atom is -0.542 e. The molecule has 0 unspecified atom stereocenters. The number of hydrogen-bond acceptors (Lipinski definition) is 14. The highest BCUT2D eigenvalue weighted by Gasteiger charge is 2.34. The van der Waals surface area contributed by atoms with Crippen molar-refractivity contribution < 1.29 is 61.7 Å². The number of esters is 1. The van der Waals surface area contributed by atoms with E-state index in [-0.39, 0.29) is 54.7 Å². The number of anilines is 1. The molecule has 1 aliphatic heterocycles. The van der Waals surface area contributed by atoms with Crippen LogP contribution in [0.15, 0.2) is 52.9 Å². The number of likely N-dealkylation sites (N-methyl/N-ethyl adjacent to an activating group) is 1. The van der Waals surface area contributed by atoms with Crippen molar-refractivity contribution in [3.8, 4) is 22.8 Å². The van der Waals surface area contributed by atoms with Crippen LogP contribution in [0, 0.1) is 5.92 Å². The molecule has 3 aromatic rings. The summed E-state index contributed by atoms with van der Waals surface area (Å²) in [5, 5.41) is 8.67. The second-order valence-corrected chi connectivity index (χ2v) is 14.6. The lowest BCUT2D eigenvalue weighted by molar-refractivity contribution is -0.171. The van der Waals surface area contributed by atoms with Crippen molar-refractivity contribution in [3.63, 3.8) is 0 Å². The first kappa shape index (κ1) is 49.1. The number of nitrogens with one attached hydrogen (secondary N) is 3.